The van der Waals surface area contributed by atoms with Gasteiger partial charge in [0.25, 0.3) is 0 Å². The topological polar surface area (TPSA) is 75.7 Å². The van der Waals surface area contributed by atoms with Crippen molar-refractivity contribution in [1.82, 2.24) is 10.3 Å². The highest BCUT2D eigenvalue weighted by atomic mass is 16.5. The molecule has 1 heterocycles. The van der Waals surface area contributed by atoms with E-state index in [1.54, 1.807) is 32.5 Å². The number of carbonyl (C=O) groups excluding carboxylic acids is 1. The Morgan fingerprint density at radius 3 is 2.48 bits per heavy atom. The highest BCUT2D eigenvalue weighted by Gasteiger charge is 2.15. The van der Waals surface area contributed by atoms with Gasteiger partial charge in [-0.3, -0.25) is 0 Å². The standard InChI is InChI=1S/C18H24N4O3/c1-12(15-8-7-14(24-4)10-16(15)25-5)20-18(23)21-13-6-9-17(19-11-13)22(2)3/h6-12H,1-5H3,(H2,20,21,23). The Morgan fingerprint density at radius 2 is 1.92 bits per heavy atom. The molecule has 0 aliphatic heterocycles. The van der Waals surface area contributed by atoms with E-state index in [2.05, 4.69) is 15.6 Å². The molecule has 134 valence electrons. The van der Waals surface area contributed by atoms with Gasteiger partial charge >= 0.3 is 6.03 Å². The van der Waals surface area contributed by atoms with Crippen LogP contribution in [-0.4, -0.2) is 39.3 Å². The van der Waals surface area contributed by atoms with Gasteiger partial charge < -0.3 is 25.0 Å². The molecule has 0 fully saturated rings. The molecule has 2 amide bonds. The van der Waals surface area contributed by atoms with Gasteiger partial charge in [0.05, 0.1) is 32.1 Å². The van der Waals surface area contributed by atoms with Crippen molar-refractivity contribution in [3.8, 4) is 11.5 Å². The van der Waals surface area contributed by atoms with E-state index in [4.69, 9.17) is 9.47 Å². The van der Waals surface area contributed by atoms with Crippen LogP contribution < -0.4 is 25.0 Å². The van der Waals surface area contributed by atoms with E-state index < -0.39 is 0 Å². The summed E-state index contributed by atoms with van der Waals surface area (Å²) in [5.41, 5.74) is 1.48. The minimum absolute atomic E-state index is 0.241. The van der Waals surface area contributed by atoms with Gasteiger partial charge in [0.2, 0.25) is 0 Å². The number of aromatic nitrogens is 1. The van der Waals surface area contributed by atoms with E-state index in [9.17, 15) is 4.79 Å². The predicted molar refractivity (Wildman–Crippen MR) is 98.7 cm³/mol. The van der Waals surface area contributed by atoms with E-state index in [1.165, 1.54) is 0 Å². The lowest BCUT2D eigenvalue weighted by molar-refractivity contribution is 0.249. The fourth-order valence-corrected chi connectivity index (χ4v) is 2.34. The van der Waals surface area contributed by atoms with Crippen LogP contribution in [0.2, 0.25) is 0 Å². The Labute approximate surface area is 148 Å². The number of pyridine rings is 1. The first kappa shape index (κ1) is 18.4. The molecule has 0 aliphatic carbocycles. The van der Waals surface area contributed by atoms with Crippen molar-refractivity contribution in [2.24, 2.45) is 0 Å². The summed E-state index contributed by atoms with van der Waals surface area (Å²) in [6, 6.07) is 8.58. The van der Waals surface area contributed by atoms with Crippen LogP contribution in [0.4, 0.5) is 16.3 Å². The zero-order valence-corrected chi connectivity index (χ0v) is 15.2. The zero-order chi connectivity index (χ0) is 18.4. The molecule has 0 bridgehead atoms. The van der Waals surface area contributed by atoms with Gasteiger partial charge in [-0.1, -0.05) is 0 Å². The molecule has 0 spiro atoms. The maximum atomic E-state index is 12.2. The quantitative estimate of drug-likeness (QED) is 0.842. The van der Waals surface area contributed by atoms with E-state index >= 15 is 0 Å². The molecule has 2 aromatic rings. The summed E-state index contributed by atoms with van der Waals surface area (Å²) in [5.74, 6) is 2.18. The second kappa shape index (κ2) is 8.23. The minimum Gasteiger partial charge on any atom is -0.497 e. The smallest absolute Gasteiger partial charge is 0.319 e. The van der Waals surface area contributed by atoms with Crippen molar-refractivity contribution >= 4 is 17.5 Å². The third-order valence-electron chi connectivity index (χ3n) is 3.72. The number of rotatable bonds is 6. The summed E-state index contributed by atoms with van der Waals surface area (Å²) < 4.78 is 10.6. The summed E-state index contributed by atoms with van der Waals surface area (Å²) in [4.78, 5) is 18.4. The fraction of sp³-hybridized carbons (Fsp3) is 0.333. The van der Waals surface area contributed by atoms with E-state index in [0.29, 0.717) is 17.2 Å². The van der Waals surface area contributed by atoms with Crippen LogP contribution >= 0.6 is 0 Å². The number of hydrogen-bond donors (Lipinski definition) is 2. The van der Waals surface area contributed by atoms with Gasteiger partial charge in [0, 0.05) is 25.7 Å². The van der Waals surface area contributed by atoms with E-state index in [-0.39, 0.29) is 12.1 Å². The van der Waals surface area contributed by atoms with Gasteiger partial charge in [-0.2, -0.15) is 0 Å². The first-order valence-corrected chi connectivity index (χ1v) is 7.87. The molecule has 1 unspecified atom stereocenters. The fourth-order valence-electron chi connectivity index (χ4n) is 2.34. The van der Waals surface area contributed by atoms with Crippen molar-refractivity contribution in [2.75, 3.05) is 38.5 Å². The van der Waals surface area contributed by atoms with Crippen molar-refractivity contribution in [3.05, 3.63) is 42.1 Å². The summed E-state index contributed by atoms with van der Waals surface area (Å²) in [7, 11) is 7.00. The summed E-state index contributed by atoms with van der Waals surface area (Å²) >= 11 is 0. The summed E-state index contributed by atoms with van der Waals surface area (Å²) in [5, 5.41) is 5.66. The molecule has 0 radical (unpaired) electrons. The first-order chi connectivity index (χ1) is 11.9. The van der Waals surface area contributed by atoms with Gasteiger partial charge in [-0.05, 0) is 31.2 Å². The van der Waals surface area contributed by atoms with Crippen molar-refractivity contribution in [1.29, 1.82) is 0 Å². The molecular formula is C18H24N4O3. The number of anilines is 2. The molecule has 2 rings (SSSR count). The van der Waals surface area contributed by atoms with Crippen LogP contribution in [0.25, 0.3) is 0 Å². The molecular weight excluding hydrogens is 320 g/mol. The Hall–Kier alpha value is -2.96. The maximum absolute atomic E-state index is 12.2. The Morgan fingerprint density at radius 1 is 1.16 bits per heavy atom. The molecule has 0 saturated carbocycles. The van der Waals surface area contributed by atoms with Crippen LogP contribution in [0.5, 0.6) is 11.5 Å². The average molecular weight is 344 g/mol. The SMILES string of the molecule is COc1ccc(C(C)NC(=O)Nc2ccc(N(C)C)nc2)c(OC)c1. The van der Waals surface area contributed by atoms with Crippen LogP contribution in [0, 0.1) is 0 Å². The summed E-state index contributed by atoms with van der Waals surface area (Å²) in [6.07, 6.45) is 1.62. The average Bonchev–Trinajstić information content (AvgIpc) is 2.61. The molecule has 1 aromatic carbocycles. The zero-order valence-electron chi connectivity index (χ0n) is 15.2. The number of hydrogen-bond acceptors (Lipinski definition) is 5. The predicted octanol–water partition coefficient (Wildman–Crippen LogP) is 3.05. The number of amides is 2. The molecule has 0 saturated heterocycles. The van der Waals surface area contributed by atoms with Crippen molar-refractivity contribution < 1.29 is 14.3 Å². The molecule has 0 aliphatic rings. The number of ether oxygens (including phenoxy) is 2. The normalized spacial score (nSPS) is 11.4. The molecule has 25 heavy (non-hydrogen) atoms. The first-order valence-electron chi connectivity index (χ1n) is 7.87. The largest absolute Gasteiger partial charge is 0.497 e. The molecule has 1 aromatic heterocycles. The van der Waals surface area contributed by atoms with Gasteiger partial charge in [0.1, 0.15) is 17.3 Å². The third-order valence-corrected chi connectivity index (χ3v) is 3.72. The lowest BCUT2D eigenvalue weighted by Gasteiger charge is -2.18. The molecule has 7 heteroatoms. The van der Waals surface area contributed by atoms with Crippen LogP contribution in [0.1, 0.15) is 18.5 Å². The van der Waals surface area contributed by atoms with E-state index in [0.717, 1.165) is 11.4 Å². The maximum Gasteiger partial charge on any atom is 0.319 e. The third kappa shape index (κ3) is 4.76. The van der Waals surface area contributed by atoms with Gasteiger partial charge in [-0.15, -0.1) is 0 Å². The van der Waals surface area contributed by atoms with Gasteiger partial charge in [-0.25, -0.2) is 9.78 Å². The Bertz CT molecular complexity index is 717. The second-order valence-electron chi connectivity index (χ2n) is 5.73. The molecule has 2 N–H and O–H groups in total. The van der Waals surface area contributed by atoms with Crippen LogP contribution in [-0.2, 0) is 0 Å². The number of benzene rings is 1. The monoisotopic (exact) mass is 344 g/mol. The van der Waals surface area contributed by atoms with Crippen LogP contribution in [0.15, 0.2) is 36.5 Å². The van der Waals surface area contributed by atoms with Crippen molar-refractivity contribution in [3.63, 3.8) is 0 Å². The van der Waals surface area contributed by atoms with Crippen molar-refractivity contribution in [2.45, 2.75) is 13.0 Å². The van der Waals surface area contributed by atoms with Gasteiger partial charge in [0.15, 0.2) is 0 Å². The number of nitrogens with zero attached hydrogens (tertiary/aromatic N) is 2. The number of carbonyl (C=O) groups is 1. The Kier molecular flexibility index (Phi) is 6.05. The number of methoxy groups -OCH3 is 2. The minimum atomic E-state index is -0.315. The van der Waals surface area contributed by atoms with E-state index in [1.807, 2.05) is 44.1 Å². The lowest BCUT2D eigenvalue weighted by Crippen LogP contribution is -2.31. The number of urea groups is 1. The second-order valence-corrected chi connectivity index (χ2v) is 5.73. The molecule has 1 atom stereocenters. The highest BCUT2D eigenvalue weighted by molar-refractivity contribution is 5.89. The van der Waals surface area contributed by atoms with Crippen LogP contribution in [0.3, 0.4) is 0 Å². The Balaban J connectivity index is 2.02. The lowest BCUT2D eigenvalue weighted by atomic mass is 10.1. The highest BCUT2D eigenvalue weighted by Crippen LogP contribution is 2.29. The molecule has 7 nitrogen and oxygen atoms in total. The number of nitrogens with one attached hydrogen (secondary N) is 2. The summed E-state index contributed by atoms with van der Waals surface area (Å²) in [6.45, 7) is 1.89.